The van der Waals surface area contributed by atoms with E-state index in [2.05, 4.69) is 5.32 Å². The summed E-state index contributed by atoms with van der Waals surface area (Å²) in [7, 11) is 0. The number of carboxylic acids is 1. The zero-order valence-corrected chi connectivity index (χ0v) is 7.46. The molecule has 0 spiro atoms. The van der Waals surface area contributed by atoms with Crippen molar-refractivity contribution in [2.45, 2.75) is 31.8 Å². The monoisotopic (exact) mass is 173 g/mol. The van der Waals surface area contributed by atoms with Gasteiger partial charge in [0.05, 0.1) is 25.2 Å². The van der Waals surface area contributed by atoms with Gasteiger partial charge in [-0.05, 0) is 0 Å². The van der Waals surface area contributed by atoms with Gasteiger partial charge >= 0.3 is 5.97 Å². The summed E-state index contributed by atoms with van der Waals surface area (Å²) in [6, 6.07) is 0.299. The van der Waals surface area contributed by atoms with Crippen LogP contribution in [0.15, 0.2) is 0 Å². The molecule has 0 aromatic carbocycles. The first-order chi connectivity index (χ1) is 5.54. The van der Waals surface area contributed by atoms with Crippen molar-refractivity contribution in [3.63, 3.8) is 0 Å². The minimum Gasteiger partial charge on any atom is -0.481 e. The lowest BCUT2D eigenvalue weighted by Crippen LogP contribution is -2.63. The smallest absolute Gasteiger partial charge is 0.305 e. The molecule has 0 aromatic heterocycles. The lowest BCUT2D eigenvalue weighted by Gasteiger charge is -2.42. The maximum atomic E-state index is 10.5. The van der Waals surface area contributed by atoms with Crippen molar-refractivity contribution < 1.29 is 14.6 Å². The molecule has 1 heterocycles. The van der Waals surface area contributed by atoms with E-state index >= 15 is 0 Å². The predicted molar refractivity (Wildman–Crippen MR) is 44.1 cm³/mol. The first kappa shape index (κ1) is 9.48. The number of carbonyl (C=O) groups is 1. The van der Waals surface area contributed by atoms with E-state index in [-0.39, 0.29) is 12.0 Å². The van der Waals surface area contributed by atoms with Crippen LogP contribution in [0.4, 0.5) is 0 Å². The second-order valence-corrected chi connectivity index (χ2v) is 3.64. The highest BCUT2D eigenvalue weighted by Gasteiger charge is 2.40. The molecule has 0 saturated carbocycles. The van der Waals surface area contributed by atoms with E-state index in [1.54, 1.807) is 0 Å². The standard InChI is InChI=1S/C8H15NO3/c1-6(2)9-8(3-7(10)11)4-12-5-8/h6,9H,3-5H2,1-2H3,(H,10,11). The third-order valence-corrected chi connectivity index (χ3v) is 1.84. The first-order valence-corrected chi connectivity index (χ1v) is 4.11. The molecule has 0 amide bonds. The van der Waals surface area contributed by atoms with Crippen LogP contribution in [0.5, 0.6) is 0 Å². The molecular weight excluding hydrogens is 158 g/mol. The van der Waals surface area contributed by atoms with Crippen LogP contribution in [0.1, 0.15) is 20.3 Å². The van der Waals surface area contributed by atoms with Crippen molar-refractivity contribution in [2.75, 3.05) is 13.2 Å². The summed E-state index contributed by atoms with van der Waals surface area (Å²) >= 11 is 0. The van der Waals surface area contributed by atoms with Gasteiger partial charge in [-0.2, -0.15) is 0 Å². The fourth-order valence-corrected chi connectivity index (χ4v) is 1.49. The van der Waals surface area contributed by atoms with Gasteiger partial charge in [-0.1, -0.05) is 13.8 Å². The summed E-state index contributed by atoms with van der Waals surface area (Å²) in [5, 5.41) is 11.8. The molecule has 1 saturated heterocycles. The van der Waals surface area contributed by atoms with Gasteiger partial charge in [-0.3, -0.25) is 4.79 Å². The summed E-state index contributed by atoms with van der Waals surface area (Å²) in [6.07, 6.45) is 0.144. The highest BCUT2D eigenvalue weighted by atomic mass is 16.5. The lowest BCUT2D eigenvalue weighted by atomic mass is 9.92. The van der Waals surface area contributed by atoms with Crippen molar-refractivity contribution in [3.05, 3.63) is 0 Å². The fraction of sp³-hybridized carbons (Fsp3) is 0.875. The summed E-state index contributed by atoms with van der Waals surface area (Å²) < 4.78 is 5.01. The molecule has 2 N–H and O–H groups in total. The van der Waals surface area contributed by atoms with Gasteiger partial charge in [0, 0.05) is 6.04 Å². The summed E-state index contributed by atoms with van der Waals surface area (Å²) in [5.41, 5.74) is -0.306. The van der Waals surface area contributed by atoms with Gasteiger partial charge in [0.15, 0.2) is 0 Å². The van der Waals surface area contributed by atoms with Crippen LogP contribution in [-0.4, -0.2) is 35.9 Å². The van der Waals surface area contributed by atoms with Crippen LogP contribution in [0.2, 0.25) is 0 Å². The molecule has 1 fully saturated rings. The van der Waals surface area contributed by atoms with Crippen LogP contribution in [-0.2, 0) is 9.53 Å². The zero-order chi connectivity index (χ0) is 9.19. The molecular formula is C8H15NO3. The van der Waals surface area contributed by atoms with E-state index < -0.39 is 5.97 Å². The average Bonchev–Trinajstić information content (AvgIpc) is 1.80. The molecule has 4 heteroatoms. The third kappa shape index (κ3) is 2.19. The van der Waals surface area contributed by atoms with Gasteiger partial charge in [-0.15, -0.1) is 0 Å². The first-order valence-electron chi connectivity index (χ1n) is 4.11. The molecule has 70 valence electrons. The van der Waals surface area contributed by atoms with Gasteiger partial charge < -0.3 is 15.2 Å². The minimum atomic E-state index is -0.772. The second-order valence-electron chi connectivity index (χ2n) is 3.64. The Morgan fingerprint density at radius 1 is 1.67 bits per heavy atom. The van der Waals surface area contributed by atoms with Gasteiger partial charge in [0.2, 0.25) is 0 Å². The van der Waals surface area contributed by atoms with E-state index in [9.17, 15) is 4.79 Å². The number of nitrogens with one attached hydrogen (secondary N) is 1. The molecule has 0 bridgehead atoms. The predicted octanol–water partition coefficient (Wildman–Crippen LogP) is 0.228. The normalized spacial score (nSPS) is 20.6. The quantitative estimate of drug-likeness (QED) is 0.639. The Hall–Kier alpha value is -0.610. The zero-order valence-electron chi connectivity index (χ0n) is 7.46. The van der Waals surface area contributed by atoms with E-state index in [0.29, 0.717) is 19.3 Å². The number of carboxylic acid groups (broad SMARTS) is 1. The maximum Gasteiger partial charge on any atom is 0.305 e. The van der Waals surface area contributed by atoms with Crippen molar-refractivity contribution in [2.24, 2.45) is 0 Å². The Balaban J connectivity index is 2.45. The molecule has 0 aromatic rings. The van der Waals surface area contributed by atoms with Gasteiger partial charge in [0.1, 0.15) is 0 Å². The summed E-state index contributed by atoms with van der Waals surface area (Å²) in [6.45, 7) is 5.03. The fourth-order valence-electron chi connectivity index (χ4n) is 1.49. The Kier molecular flexibility index (Phi) is 2.69. The minimum absolute atomic E-state index is 0.144. The highest BCUT2D eigenvalue weighted by Crippen LogP contribution is 2.21. The van der Waals surface area contributed by atoms with Gasteiger partial charge in [-0.25, -0.2) is 0 Å². The highest BCUT2D eigenvalue weighted by molar-refractivity contribution is 5.68. The molecule has 4 nitrogen and oxygen atoms in total. The SMILES string of the molecule is CC(C)NC1(CC(=O)O)COC1. The largest absolute Gasteiger partial charge is 0.481 e. The van der Waals surface area contributed by atoms with Crippen LogP contribution >= 0.6 is 0 Å². The molecule has 1 aliphatic heterocycles. The molecule has 0 aliphatic carbocycles. The van der Waals surface area contributed by atoms with Crippen molar-refractivity contribution >= 4 is 5.97 Å². The van der Waals surface area contributed by atoms with E-state index in [1.165, 1.54) is 0 Å². The molecule has 1 rings (SSSR count). The molecule has 1 aliphatic rings. The molecule has 12 heavy (non-hydrogen) atoms. The molecule has 0 unspecified atom stereocenters. The Labute approximate surface area is 71.9 Å². The topological polar surface area (TPSA) is 58.6 Å². The number of aliphatic carboxylic acids is 1. The van der Waals surface area contributed by atoms with E-state index in [4.69, 9.17) is 9.84 Å². The average molecular weight is 173 g/mol. The van der Waals surface area contributed by atoms with Crippen molar-refractivity contribution in [1.29, 1.82) is 0 Å². The second kappa shape index (κ2) is 3.41. The third-order valence-electron chi connectivity index (χ3n) is 1.84. The van der Waals surface area contributed by atoms with Crippen LogP contribution in [0.3, 0.4) is 0 Å². The molecule has 0 atom stereocenters. The number of hydrogen-bond donors (Lipinski definition) is 2. The summed E-state index contributed by atoms with van der Waals surface area (Å²) in [5.74, 6) is -0.772. The number of rotatable bonds is 4. The molecule has 0 radical (unpaired) electrons. The number of ether oxygens (including phenoxy) is 1. The summed E-state index contributed by atoms with van der Waals surface area (Å²) in [4.78, 5) is 10.5. The Morgan fingerprint density at radius 3 is 2.50 bits per heavy atom. The van der Waals surface area contributed by atoms with E-state index in [1.807, 2.05) is 13.8 Å². The van der Waals surface area contributed by atoms with Gasteiger partial charge in [0.25, 0.3) is 0 Å². The van der Waals surface area contributed by atoms with Crippen LogP contribution in [0, 0.1) is 0 Å². The Morgan fingerprint density at radius 2 is 2.25 bits per heavy atom. The Bertz CT molecular complexity index is 175. The lowest BCUT2D eigenvalue weighted by molar-refractivity contribution is -0.147. The maximum absolute atomic E-state index is 10.5. The van der Waals surface area contributed by atoms with Crippen LogP contribution < -0.4 is 5.32 Å². The number of hydrogen-bond acceptors (Lipinski definition) is 3. The van der Waals surface area contributed by atoms with Crippen LogP contribution in [0.25, 0.3) is 0 Å². The van der Waals surface area contributed by atoms with E-state index in [0.717, 1.165) is 0 Å². The van der Waals surface area contributed by atoms with Crippen molar-refractivity contribution in [1.82, 2.24) is 5.32 Å². The van der Waals surface area contributed by atoms with Crippen molar-refractivity contribution in [3.8, 4) is 0 Å².